The zero-order valence-electron chi connectivity index (χ0n) is 17.0. The van der Waals surface area contributed by atoms with Crippen LogP contribution in [-0.4, -0.2) is 27.5 Å². The maximum absolute atomic E-state index is 12.8. The molecule has 0 radical (unpaired) electrons. The van der Waals surface area contributed by atoms with Gasteiger partial charge in [0.25, 0.3) is 5.89 Å². The Morgan fingerprint density at radius 3 is 2.44 bits per heavy atom. The summed E-state index contributed by atoms with van der Waals surface area (Å²) >= 11 is 0. The summed E-state index contributed by atoms with van der Waals surface area (Å²) in [5, 5.41) is 6.87. The van der Waals surface area contributed by atoms with Crippen LogP contribution in [0.3, 0.4) is 0 Å². The molecule has 7 nitrogen and oxygen atoms in total. The summed E-state index contributed by atoms with van der Waals surface area (Å²) in [6.07, 6.45) is 6.66. The Bertz CT molecular complexity index is 684. The molecule has 1 atom stereocenters. The zero-order valence-corrected chi connectivity index (χ0v) is 17.0. The van der Waals surface area contributed by atoms with Gasteiger partial charge in [0.2, 0.25) is 11.7 Å². The van der Waals surface area contributed by atoms with E-state index in [4.69, 9.17) is 4.42 Å². The van der Waals surface area contributed by atoms with Crippen molar-refractivity contribution in [3.05, 3.63) is 16.4 Å². The smallest absolute Gasteiger partial charge is 0.384 e. The molecular formula is C20H33N3O4. The fourth-order valence-corrected chi connectivity index (χ4v) is 3.62. The number of nitrogens with zero attached hydrogens (tertiary/aromatic N) is 2. The van der Waals surface area contributed by atoms with Gasteiger partial charge in [-0.2, -0.15) is 4.68 Å². The van der Waals surface area contributed by atoms with Crippen LogP contribution in [0.4, 0.5) is 0 Å². The highest BCUT2D eigenvalue weighted by atomic mass is 16.4. The van der Waals surface area contributed by atoms with Crippen LogP contribution in [0.1, 0.15) is 83.3 Å². The molecule has 0 spiro atoms. The summed E-state index contributed by atoms with van der Waals surface area (Å²) in [5.74, 6) is -0.372. The maximum atomic E-state index is 12.8. The number of aromatic nitrogens is 2. The first-order valence-corrected chi connectivity index (χ1v) is 10.2. The molecule has 2 rings (SSSR count). The van der Waals surface area contributed by atoms with Crippen molar-refractivity contribution in [3.63, 3.8) is 0 Å². The van der Waals surface area contributed by atoms with Crippen molar-refractivity contribution < 1.29 is 14.0 Å². The van der Waals surface area contributed by atoms with E-state index in [0.717, 1.165) is 6.42 Å². The van der Waals surface area contributed by atoms with E-state index in [1.807, 2.05) is 27.7 Å². The SMILES string of the molecule is CC(C)CC(NC(=O)CCC1CCCC1)C(=O)c1nn(CC(C)C)c(=O)o1. The van der Waals surface area contributed by atoms with E-state index < -0.39 is 17.6 Å². The molecular weight excluding hydrogens is 346 g/mol. The Morgan fingerprint density at radius 1 is 1.19 bits per heavy atom. The molecule has 1 unspecified atom stereocenters. The molecule has 0 aromatic carbocycles. The van der Waals surface area contributed by atoms with Crippen LogP contribution in [0.25, 0.3) is 0 Å². The van der Waals surface area contributed by atoms with Crippen LogP contribution >= 0.6 is 0 Å². The Kier molecular flexibility index (Phi) is 7.80. The van der Waals surface area contributed by atoms with Crippen molar-refractivity contribution in [2.75, 3.05) is 0 Å². The Morgan fingerprint density at radius 2 is 1.85 bits per heavy atom. The predicted octanol–water partition coefficient (Wildman–Crippen LogP) is 3.18. The summed E-state index contributed by atoms with van der Waals surface area (Å²) in [5.41, 5.74) is 0. The summed E-state index contributed by atoms with van der Waals surface area (Å²) in [7, 11) is 0. The lowest BCUT2D eigenvalue weighted by Crippen LogP contribution is -2.42. The van der Waals surface area contributed by atoms with Gasteiger partial charge in [-0.25, -0.2) is 4.79 Å². The van der Waals surface area contributed by atoms with E-state index in [1.54, 1.807) is 0 Å². The number of carbonyl (C=O) groups is 2. The van der Waals surface area contributed by atoms with Crippen molar-refractivity contribution >= 4 is 11.7 Å². The van der Waals surface area contributed by atoms with E-state index in [-0.39, 0.29) is 23.6 Å². The van der Waals surface area contributed by atoms with E-state index in [9.17, 15) is 14.4 Å². The number of carbonyl (C=O) groups excluding carboxylic acids is 2. The molecule has 27 heavy (non-hydrogen) atoms. The van der Waals surface area contributed by atoms with Crippen LogP contribution in [0.15, 0.2) is 9.21 Å². The van der Waals surface area contributed by atoms with Crippen molar-refractivity contribution in [3.8, 4) is 0 Å². The molecule has 7 heteroatoms. The quantitative estimate of drug-likeness (QED) is 0.630. The molecule has 0 aliphatic heterocycles. The third-order valence-corrected chi connectivity index (χ3v) is 4.97. The Labute approximate surface area is 160 Å². The molecule has 1 amide bonds. The van der Waals surface area contributed by atoms with Gasteiger partial charge in [0.1, 0.15) is 0 Å². The zero-order chi connectivity index (χ0) is 20.0. The molecule has 1 heterocycles. The van der Waals surface area contributed by atoms with Crippen molar-refractivity contribution in [2.24, 2.45) is 17.8 Å². The van der Waals surface area contributed by atoms with E-state index in [2.05, 4.69) is 10.4 Å². The van der Waals surface area contributed by atoms with E-state index in [0.29, 0.717) is 25.3 Å². The molecule has 152 valence electrons. The number of hydrogen-bond acceptors (Lipinski definition) is 5. The summed E-state index contributed by atoms with van der Waals surface area (Å²) in [4.78, 5) is 37.1. The first kappa shape index (κ1) is 21.4. The van der Waals surface area contributed by atoms with Gasteiger partial charge in [0, 0.05) is 6.42 Å². The fourth-order valence-electron chi connectivity index (χ4n) is 3.62. The summed E-state index contributed by atoms with van der Waals surface area (Å²) in [6.45, 7) is 8.26. The Balaban J connectivity index is 2.02. The minimum atomic E-state index is -0.716. The topological polar surface area (TPSA) is 94.2 Å². The number of Topliss-reactive ketones (excluding diaryl/α,β-unsaturated/α-hetero) is 1. The van der Waals surface area contributed by atoms with Gasteiger partial charge in [0.05, 0.1) is 12.6 Å². The van der Waals surface area contributed by atoms with Gasteiger partial charge < -0.3 is 9.73 Å². The summed E-state index contributed by atoms with van der Waals surface area (Å²) < 4.78 is 6.23. The van der Waals surface area contributed by atoms with Gasteiger partial charge in [0.15, 0.2) is 0 Å². The monoisotopic (exact) mass is 379 g/mol. The molecule has 1 aromatic heterocycles. The second kappa shape index (κ2) is 9.85. The van der Waals surface area contributed by atoms with Gasteiger partial charge in [-0.1, -0.05) is 53.4 Å². The molecule has 1 aliphatic rings. The molecule has 1 aromatic rings. The summed E-state index contributed by atoms with van der Waals surface area (Å²) in [6, 6.07) is -0.716. The average Bonchev–Trinajstić information content (AvgIpc) is 3.21. The second-order valence-electron chi connectivity index (χ2n) is 8.55. The van der Waals surface area contributed by atoms with Crippen LogP contribution in [0.5, 0.6) is 0 Å². The van der Waals surface area contributed by atoms with Crippen molar-refractivity contribution in [1.29, 1.82) is 0 Å². The third-order valence-electron chi connectivity index (χ3n) is 4.97. The van der Waals surface area contributed by atoms with Crippen molar-refractivity contribution in [1.82, 2.24) is 15.1 Å². The highest BCUT2D eigenvalue weighted by Crippen LogP contribution is 2.28. The third kappa shape index (κ3) is 6.63. The lowest BCUT2D eigenvalue weighted by Gasteiger charge is -2.18. The highest BCUT2D eigenvalue weighted by molar-refractivity contribution is 5.98. The number of amides is 1. The van der Waals surface area contributed by atoms with E-state index >= 15 is 0 Å². The van der Waals surface area contributed by atoms with Crippen LogP contribution in [0, 0.1) is 17.8 Å². The fraction of sp³-hybridized carbons (Fsp3) is 0.800. The number of ketones is 1. The van der Waals surface area contributed by atoms with Crippen LogP contribution in [-0.2, 0) is 11.3 Å². The van der Waals surface area contributed by atoms with E-state index in [1.165, 1.54) is 30.4 Å². The highest BCUT2D eigenvalue weighted by Gasteiger charge is 2.28. The first-order valence-electron chi connectivity index (χ1n) is 10.2. The van der Waals surface area contributed by atoms with Crippen LogP contribution in [0.2, 0.25) is 0 Å². The normalized spacial score (nSPS) is 16.2. The second-order valence-corrected chi connectivity index (χ2v) is 8.55. The lowest BCUT2D eigenvalue weighted by molar-refractivity contribution is -0.121. The minimum Gasteiger partial charge on any atom is -0.384 e. The number of nitrogens with one attached hydrogen (secondary N) is 1. The molecule has 1 aliphatic carbocycles. The molecule has 1 saturated carbocycles. The largest absolute Gasteiger partial charge is 0.437 e. The van der Waals surface area contributed by atoms with Crippen LogP contribution < -0.4 is 11.1 Å². The number of hydrogen-bond donors (Lipinski definition) is 1. The minimum absolute atomic E-state index is 0.120. The van der Waals surface area contributed by atoms with Gasteiger partial charge in [-0.3, -0.25) is 9.59 Å². The van der Waals surface area contributed by atoms with Crippen molar-refractivity contribution in [2.45, 2.75) is 85.2 Å². The lowest BCUT2D eigenvalue weighted by atomic mass is 9.98. The average molecular weight is 380 g/mol. The first-order chi connectivity index (χ1) is 12.8. The maximum Gasteiger partial charge on any atom is 0.437 e. The predicted molar refractivity (Wildman–Crippen MR) is 103 cm³/mol. The molecule has 1 N–H and O–H groups in total. The molecule has 1 fully saturated rings. The molecule has 0 saturated heterocycles. The Hall–Kier alpha value is -1.92. The standard InChI is InChI=1S/C20H33N3O4/c1-13(2)11-16(21-17(24)10-9-15-7-5-6-8-15)18(25)19-22-23(12-14(3)4)20(26)27-19/h13-16H,5-12H2,1-4H3,(H,21,24). The number of rotatable bonds is 10. The van der Waals surface area contributed by atoms with Gasteiger partial charge in [-0.15, -0.1) is 5.10 Å². The van der Waals surface area contributed by atoms with Gasteiger partial charge in [-0.05, 0) is 30.6 Å². The van der Waals surface area contributed by atoms with Gasteiger partial charge >= 0.3 is 5.76 Å². The molecule has 0 bridgehead atoms.